The highest BCUT2D eigenvalue weighted by molar-refractivity contribution is 7.09. The summed E-state index contributed by atoms with van der Waals surface area (Å²) in [6, 6.07) is 0.247. The van der Waals surface area contributed by atoms with E-state index in [1.165, 1.54) is 19.3 Å². The molecule has 1 N–H and O–H groups in total. The maximum absolute atomic E-state index is 5.37. The van der Waals surface area contributed by atoms with Crippen molar-refractivity contribution in [3.8, 4) is 0 Å². The predicted octanol–water partition coefficient (Wildman–Crippen LogP) is 2.88. The summed E-state index contributed by atoms with van der Waals surface area (Å²) < 4.78 is 5.37. The topological polar surface area (TPSA) is 63.8 Å². The average molecular weight is 292 g/mol. The Balaban J connectivity index is 1.66. The summed E-state index contributed by atoms with van der Waals surface area (Å²) in [5.74, 6) is 1.46. The fraction of sp³-hybridized carbons (Fsp3) is 0.643. The quantitative estimate of drug-likeness (QED) is 0.938. The van der Waals surface area contributed by atoms with Gasteiger partial charge in [0.2, 0.25) is 5.89 Å². The summed E-state index contributed by atoms with van der Waals surface area (Å²) in [6.45, 7) is 3.16. The maximum Gasteiger partial charge on any atom is 0.232 e. The van der Waals surface area contributed by atoms with Gasteiger partial charge in [-0.2, -0.15) is 4.98 Å². The minimum absolute atomic E-state index is 0.247. The Kier molecular flexibility index (Phi) is 4.42. The van der Waals surface area contributed by atoms with Crippen LogP contribution in [-0.2, 0) is 12.8 Å². The first-order chi connectivity index (χ1) is 9.85. The SMILES string of the molecule is CCc1nc(Cc2nc([C@H]3CCCCCN3)no2)cs1. The molecule has 0 aromatic carbocycles. The van der Waals surface area contributed by atoms with Crippen molar-refractivity contribution in [1.29, 1.82) is 0 Å². The minimum atomic E-state index is 0.247. The molecule has 1 atom stereocenters. The molecule has 0 unspecified atom stereocenters. The zero-order chi connectivity index (χ0) is 13.8. The van der Waals surface area contributed by atoms with Gasteiger partial charge in [-0.15, -0.1) is 11.3 Å². The number of thiazole rings is 1. The molecule has 5 nitrogen and oxygen atoms in total. The lowest BCUT2D eigenvalue weighted by atomic mass is 10.1. The van der Waals surface area contributed by atoms with Crippen LogP contribution in [0.1, 0.15) is 61.1 Å². The van der Waals surface area contributed by atoms with E-state index in [9.17, 15) is 0 Å². The van der Waals surface area contributed by atoms with Crippen LogP contribution in [0, 0.1) is 0 Å². The number of hydrogen-bond acceptors (Lipinski definition) is 6. The second-order valence-corrected chi connectivity index (χ2v) is 6.11. The van der Waals surface area contributed by atoms with Gasteiger partial charge in [0.05, 0.1) is 23.2 Å². The zero-order valence-corrected chi connectivity index (χ0v) is 12.6. The third-order valence-electron chi connectivity index (χ3n) is 3.59. The van der Waals surface area contributed by atoms with Crippen LogP contribution in [0.4, 0.5) is 0 Å². The monoisotopic (exact) mass is 292 g/mol. The first-order valence-electron chi connectivity index (χ1n) is 7.34. The molecule has 0 amide bonds. The molecule has 2 aromatic rings. The van der Waals surface area contributed by atoms with Crippen LogP contribution in [0.25, 0.3) is 0 Å². The number of nitrogens with one attached hydrogen (secondary N) is 1. The molecule has 0 aliphatic carbocycles. The van der Waals surface area contributed by atoms with Gasteiger partial charge in [-0.05, 0) is 25.8 Å². The highest BCUT2D eigenvalue weighted by Gasteiger charge is 2.19. The maximum atomic E-state index is 5.37. The third kappa shape index (κ3) is 3.24. The lowest BCUT2D eigenvalue weighted by molar-refractivity contribution is 0.368. The van der Waals surface area contributed by atoms with E-state index >= 15 is 0 Å². The summed E-state index contributed by atoms with van der Waals surface area (Å²) in [7, 11) is 0. The van der Waals surface area contributed by atoms with E-state index in [-0.39, 0.29) is 6.04 Å². The highest BCUT2D eigenvalue weighted by atomic mass is 32.1. The van der Waals surface area contributed by atoms with Crippen molar-refractivity contribution in [3.05, 3.63) is 27.8 Å². The van der Waals surface area contributed by atoms with Crippen molar-refractivity contribution in [3.63, 3.8) is 0 Å². The van der Waals surface area contributed by atoms with Gasteiger partial charge in [-0.1, -0.05) is 24.9 Å². The Morgan fingerprint density at radius 1 is 1.35 bits per heavy atom. The number of rotatable bonds is 4. The molecule has 1 fully saturated rings. The van der Waals surface area contributed by atoms with Gasteiger partial charge in [-0.3, -0.25) is 0 Å². The van der Waals surface area contributed by atoms with Crippen LogP contribution in [0.5, 0.6) is 0 Å². The van der Waals surface area contributed by atoms with Gasteiger partial charge in [-0.25, -0.2) is 4.98 Å². The number of aryl methyl sites for hydroxylation is 1. The van der Waals surface area contributed by atoms with Crippen LogP contribution in [-0.4, -0.2) is 21.7 Å². The minimum Gasteiger partial charge on any atom is -0.339 e. The molecule has 0 bridgehead atoms. The molecule has 0 saturated carbocycles. The van der Waals surface area contributed by atoms with E-state index in [2.05, 4.69) is 32.7 Å². The normalized spacial score (nSPS) is 19.9. The molecule has 0 spiro atoms. The summed E-state index contributed by atoms with van der Waals surface area (Å²) in [5.41, 5.74) is 1.02. The first kappa shape index (κ1) is 13.7. The Hall–Kier alpha value is -1.27. The van der Waals surface area contributed by atoms with Crippen LogP contribution in [0.2, 0.25) is 0 Å². The van der Waals surface area contributed by atoms with Crippen LogP contribution >= 0.6 is 11.3 Å². The fourth-order valence-electron chi connectivity index (χ4n) is 2.48. The van der Waals surface area contributed by atoms with Crippen molar-refractivity contribution in [2.24, 2.45) is 0 Å². The number of aromatic nitrogens is 3. The Morgan fingerprint density at radius 2 is 2.30 bits per heavy atom. The third-order valence-corrected chi connectivity index (χ3v) is 4.63. The van der Waals surface area contributed by atoms with E-state index < -0.39 is 0 Å². The standard InChI is InChI=1S/C14H20N4OS/c1-2-13-16-10(9-20-13)8-12-17-14(18-19-12)11-6-4-3-5-7-15-11/h9,11,15H,2-8H2,1H3/t11-/m1/s1. The second-order valence-electron chi connectivity index (χ2n) is 5.17. The Morgan fingerprint density at radius 3 is 3.15 bits per heavy atom. The smallest absolute Gasteiger partial charge is 0.232 e. The van der Waals surface area contributed by atoms with Crippen molar-refractivity contribution in [2.75, 3.05) is 6.54 Å². The van der Waals surface area contributed by atoms with Crippen LogP contribution in [0.3, 0.4) is 0 Å². The van der Waals surface area contributed by atoms with Crippen LogP contribution < -0.4 is 5.32 Å². The average Bonchev–Trinajstić information content (AvgIpc) is 3.02. The summed E-state index contributed by atoms with van der Waals surface area (Å²) in [6.07, 6.45) is 6.46. The molecule has 3 rings (SSSR count). The van der Waals surface area contributed by atoms with Gasteiger partial charge >= 0.3 is 0 Å². The molecule has 2 aromatic heterocycles. The zero-order valence-electron chi connectivity index (χ0n) is 11.8. The van der Waals surface area contributed by atoms with Crippen LogP contribution in [0.15, 0.2) is 9.90 Å². The molecule has 1 saturated heterocycles. The van der Waals surface area contributed by atoms with E-state index in [0.29, 0.717) is 12.3 Å². The van der Waals surface area contributed by atoms with Gasteiger partial charge < -0.3 is 9.84 Å². The lowest BCUT2D eigenvalue weighted by Gasteiger charge is -2.09. The Bertz CT molecular complexity index is 543. The Labute approximate surface area is 122 Å². The molecule has 20 heavy (non-hydrogen) atoms. The molecular weight excluding hydrogens is 272 g/mol. The molecule has 0 radical (unpaired) electrons. The molecular formula is C14H20N4OS. The van der Waals surface area contributed by atoms with Crippen molar-refractivity contribution >= 4 is 11.3 Å². The molecule has 3 heterocycles. The van der Waals surface area contributed by atoms with E-state index in [1.54, 1.807) is 11.3 Å². The predicted molar refractivity (Wildman–Crippen MR) is 77.8 cm³/mol. The largest absolute Gasteiger partial charge is 0.339 e. The van der Waals surface area contributed by atoms with Gasteiger partial charge in [0.1, 0.15) is 0 Å². The molecule has 1 aliphatic rings. The summed E-state index contributed by atoms with van der Waals surface area (Å²) in [5, 5.41) is 10.9. The summed E-state index contributed by atoms with van der Waals surface area (Å²) in [4.78, 5) is 9.07. The van der Waals surface area contributed by atoms with Crippen molar-refractivity contribution < 1.29 is 4.52 Å². The van der Waals surface area contributed by atoms with E-state index in [4.69, 9.17) is 4.52 Å². The molecule has 108 valence electrons. The molecule has 1 aliphatic heterocycles. The van der Waals surface area contributed by atoms with Crippen molar-refractivity contribution in [2.45, 2.75) is 51.5 Å². The summed E-state index contributed by atoms with van der Waals surface area (Å²) >= 11 is 1.69. The van der Waals surface area contributed by atoms with E-state index in [1.807, 2.05) is 0 Å². The lowest BCUT2D eigenvalue weighted by Crippen LogP contribution is -2.21. The number of hydrogen-bond donors (Lipinski definition) is 1. The first-order valence-corrected chi connectivity index (χ1v) is 8.22. The second kappa shape index (κ2) is 6.45. The van der Waals surface area contributed by atoms with Crippen molar-refractivity contribution in [1.82, 2.24) is 20.4 Å². The fourth-order valence-corrected chi connectivity index (χ4v) is 3.22. The van der Waals surface area contributed by atoms with Gasteiger partial charge in [0, 0.05) is 5.38 Å². The van der Waals surface area contributed by atoms with E-state index in [0.717, 1.165) is 35.9 Å². The van der Waals surface area contributed by atoms with Gasteiger partial charge in [0.15, 0.2) is 5.82 Å². The highest BCUT2D eigenvalue weighted by Crippen LogP contribution is 2.21. The number of nitrogens with zero attached hydrogens (tertiary/aromatic N) is 3. The van der Waals surface area contributed by atoms with Gasteiger partial charge in [0.25, 0.3) is 0 Å². The molecule has 6 heteroatoms.